The van der Waals surface area contributed by atoms with E-state index in [2.05, 4.69) is 18.3 Å². The van der Waals surface area contributed by atoms with Gasteiger partial charge in [0.05, 0.1) is 11.5 Å². The first-order valence-electron chi connectivity index (χ1n) is 2.95. The van der Waals surface area contributed by atoms with E-state index in [-0.39, 0.29) is 6.08 Å². The maximum Gasteiger partial charge on any atom is 0.432 e. The molecule has 0 rings (SSSR count). The highest BCUT2D eigenvalue weighted by molar-refractivity contribution is 5.68. The van der Waals surface area contributed by atoms with Crippen LogP contribution in [0.2, 0.25) is 0 Å². The van der Waals surface area contributed by atoms with Gasteiger partial charge in [-0.15, -0.1) is 0 Å². The molecule has 0 aliphatic rings. The first kappa shape index (κ1) is 9.55. The van der Waals surface area contributed by atoms with Gasteiger partial charge in [0.2, 0.25) is 0 Å². The number of oxime groups is 1. The van der Waals surface area contributed by atoms with Crippen LogP contribution in [-0.4, -0.2) is 11.3 Å². The van der Waals surface area contributed by atoms with Gasteiger partial charge in [0.15, 0.2) is 0 Å². The third-order valence-corrected chi connectivity index (χ3v) is 0.605. The zero-order chi connectivity index (χ0) is 8.85. The lowest BCUT2D eigenvalue weighted by Crippen LogP contribution is -2.06. The summed E-state index contributed by atoms with van der Waals surface area (Å²) in [6, 6.07) is 0. The Bertz CT molecular complexity index is 178. The molecule has 0 heterocycles. The molecule has 0 aromatic carbocycles. The molecule has 0 fully saturated rings. The zero-order valence-corrected chi connectivity index (χ0v) is 6.63. The van der Waals surface area contributed by atoms with E-state index in [9.17, 15) is 0 Å². The van der Waals surface area contributed by atoms with Gasteiger partial charge in [0.25, 0.3) is 0 Å². The summed E-state index contributed by atoms with van der Waals surface area (Å²) in [5.41, 5.74) is 0. The second-order valence-corrected chi connectivity index (χ2v) is 1.97. The summed E-state index contributed by atoms with van der Waals surface area (Å²) < 4.78 is 9.47. The van der Waals surface area contributed by atoms with Crippen LogP contribution in [0.5, 0.6) is 0 Å². The lowest BCUT2D eigenvalue weighted by molar-refractivity contribution is 0.211. The molecule has 0 saturated carbocycles. The summed E-state index contributed by atoms with van der Waals surface area (Å²) in [6.45, 7) is 10.1. The summed E-state index contributed by atoms with van der Waals surface area (Å²) in [6.07, 6.45) is -0.273. The number of ether oxygens (including phenoxy) is 2. The fraction of sp³-hybridized carbons (Fsp3) is 0.286. The van der Waals surface area contributed by atoms with E-state index in [1.54, 1.807) is 13.8 Å². The summed E-state index contributed by atoms with van der Waals surface area (Å²) in [7, 11) is 0. The molecule has 0 aromatic rings. The van der Waals surface area contributed by atoms with E-state index in [4.69, 9.17) is 14.7 Å². The van der Waals surface area contributed by atoms with Crippen molar-refractivity contribution >= 4 is 6.08 Å². The van der Waals surface area contributed by atoms with Crippen molar-refractivity contribution in [2.75, 3.05) is 0 Å². The average Bonchev–Trinajstić information content (AvgIpc) is 1.84. The van der Waals surface area contributed by atoms with Crippen LogP contribution in [0.4, 0.5) is 0 Å². The van der Waals surface area contributed by atoms with Crippen molar-refractivity contribution in [3.63, 3.8) is 0 Å². The predicted octanol–water partition coefficient (Wildman–Crippen LogP) is 1.83. The number of allylic oxidation sites excluding steroid dienone is 2. The van der Waals surface area contributed by atoms with Crippen LogP contribution in [-0.2, 0) is 9.47 Å². The molecular formula is C7H11NO3. The lowest BCUT2D eigenvalue weighted by Gasteiger charge is -2.05. The number of rotatable bonds is 2. The van der Waals surface area contributed by atoms with Crippen LogP contribution in [0.1, 0.15) is 13.8 Å². The van der Waals surface area contributed by atoms with Crippen molar-refractivity contribution < 1.29 is 14.7 Å². The van der Waals surface area contributed by atoms with Crippen molar-refractivity contribution in [3.8, 4) is 0 Å². The minimum absolute atomic E-state index is 0.273. The van der Waals surface area contributed by atoms with Crippen LogP contribution in [0, 0.1) is 0 Å². The second kappa shape index (κ2) is 4.38. The Hall–Kier alpha value is -1.45. The molecule has 62 valence electrons. The van der Waals surface area contributed by atoms with Gasteiger partial charge < -0.3 is 14.7 Å². The Kier molecular flexibility index (Phi) is 3.80. The van der Waals surface area contributed by atoms with E-state index in [1.165, 1.54) is 0 Å². The topological polar surface area (TPSA) is 51.0 Å². The SMILES string of the molecule is C=C(C)OC(=NO)OC(=C)C. The summed E-state index contributed by atoms with van der Waals surface area (Å²) >= 11 is 0. The molecule has 0 amide bonds. The molecule has 0 unspecified atom stereocenters. The quantitative estimate of drug-likeness (QED) is 0.219. The van der Waals surface area contributed by atoms with Gasteiger partial charge in [0.1, 0.15) is 0 Å². The average molecular weight is 157 g/mol. The third-order valence-electron chi connectivity index (χ3n) is 0.605. The number of hydrogen-bond acceptors (Lipinski definition) is 4. The molecule has 0 saturated heterocycles. The maximum absolute atomic E-state index is 8.28. The van der Waals surface area contributed by atoms with E-state index >= 15 is 0 Å². The normalized spacial score (nSPS) is 8.18. The molecule has 0 bridgehead atoms. The highest BCUT2D eigenvalue weighted by atomic mass is 16.7. The predicted molar refractivity (Wildman–Crippen MR) is 41.0 cm³/mol. The Morgan fingerprint density at radius 1 is 1.18 bits per heavy atom. The molecular weight excluding hydrogens is 146 g/mol. The Morgan fingerprint density at radius 2 is 1.55 bits per heavy atom. The smallest absolute Gasteiger partial charge is 0.414 e. The number of nitrogens with zero attached hydrogens (tertiary/aromatic N) is 1. The van der Waals surface area contributed by atoms with Gasteiger partial charge in [-0.05, 0) is 19.0 Å². The summed E-state index contributed by atoms with van der Waals surface area (Å²) in [4.78, 5) is 0. The fourth-order valence-electron chi connectivity index (χ4n) is 0.360. The summed E-state index contributed by atoms with van der Waals surface area (Å²) in [5.74, 6) is 0.748. The number of hydrogen-bond donors (Lipinski definition) is 1. The second-order valence-electron chi connectivity index (χ2n) is 1.97. The van der Waals surface area contributed by atoms with E-state index in [0.717, 1.165) is 0 Å². The van der Waals surface area contributed by atoms with Gasteiger partial charge in [-0.3, -0.25) is 0 Å². The fourth-order valence-corrected chi connectivity index (χ4v) is 0.360. The molecule has 0 atom stereocenters. The van der Waals surface area contributed by atoms with Gasteiger partial charge in [-0.2, -0.15) is 0 Å². The Morgan fingerprint density at radius 3 is 1.73 bits per heavy atom. The highest BCUT2D eigenvalue weighted by Gasteiger charge is 2.02. The molecule has 4 heteroatoms. The lowest BCUT2D eigenvalue weighted by atomic mass is 10.6. The Labute approximate surface area is 65.4 Å². The maximum atomic E-state index is 8.28. The first-order chi connectivity index (χ1) is 5.06. The van der Waals surface area contributed by atoms with Crippen molar-refractivity contribution in [1.82, 2.24) is 0 Å². The molecule has 4 nitrogen and oxygen atoms in total. The molecule has 1 N–H and O–H groups in total. The van der Waals surface area contributed by atoms with Crippen LogP contribution < -0.4 is 0 Å². The molecule has 0 radical (unpaired) electrons. The molecule has 0 aliphatic carbocycles. The highest BCUT2D eigenvalue weighted by Crippen LogP contribution is 1.99. The van der Waals surface area contributed by atoms with Crippen molar-refractivity contribution in [1.29, 1.82) is 0 Å². The minimum atomic E-state index is -0.273. The Balaban J connectivity index is 3.99. The van der Waals surface area contributed by atoms with E-state index in [0.29, 0.717) is 11.5 Å². The van der Waals surface area contributed by atoms with Crippen molar-refractivity contribution in [2.45, 2.75) is 13.8 Å². The molecule has 0 aliphatic heterocycles. The van der Waals surface area contributed by atoms with Gasteiger partial charge >= 0.3 is 6.08 Å². The largest absolute Gasteiger partial charge is 0.432 e. The third kappa shape index (κ3) is 5.02. The van der Waals surface area contributed by atoms with Crippen molar-refractivity contribution in [2.24, 2.45) is 5.16 Å². The summed E-state index contributed by atoms with van der Waals surface area (Å²) in [5, 5.41) is 11.0. The van der Waals surface area contributed by atoms with Crippen molar-refractivity contribution in [3.05, 3.63) is 24.7 Å². The van der Waals surface area contributed by atoms with Crippen LogP contribution in [0.3, 0.4) is 0 Å². The molecule has 0 spiro atoms. The standard InChI is InChI=1S/C7H11NO3/c1-5(2)10-7(8-9)11-6(3)4/h9H,1,3H2,2,4H3. The van der Waals surface area contributed by atoms with Crippen LogP contribution in [0.15, 0.2) is 29.8 Å². The van der Waals surface area contributed by atoms with Gasteiger partial charge in [0, 0.05) is 0 Å². The monoisotopic (exact) mass is 157 g/mol. The van der Waals surface area contributed by atoms with Crippen LogP contribution in [0.25, 0.3) is 0 Å². The van der Waals surface area contributed by atoms with E-state index < -0.39 is 0 Å². The van der Waals surface area contributed by atoms with Gasteiger partial charge in [-0.1, -0.05) is 13.2 Å². The first-order valence-corrected chi connectivity index (χ1v) is 2.95. The minimum Gasteiger partial charge on any atom is -0.414 e. The van der Waals surface area contributed by atoms with Crippen LogP contribution >= 0.6 is 0 Å². The zero-order valence-electron chi connectivity index (χ0n) is 6.63. The molecule has 0 aromatic heterocycles. The molecule has 11 heavy (non-hydrogen) atoms. The van der Waals surface area contributed by atoms with E-state index in [1.807, 2.05) is 0 Å². The van der Waals surface area contributed by atoms with Gasteiger partial charge in [-0.25, -0.2) is 0 Å².